The highest BCUT2D eigenvalue weighted by atomic mass is 32.1. The summed E-state index contributed by atoms with van der Waals surface area (Å²) in [5.41, 5.74) is 1.27. The predicted octanol–water partition coefficient (Wildman–Crippen LogP) is 2.84. The minimum Gasteiger partial charge on any atom is -0.360 e. The normalized spacial score (nSPS) is 17.6. The Balaban J connectivity index is 1.70. The fourth-order valence-corrected chi connectivity index (χ4v) is 4.10. The molecule has 2 aromatic heterocycles. The molecule has 0 saturated carbocycles. The summed E-state index contributed by atoms with van der Waals surface area (Å²) in [6.45, 7) is 2.76. The van der Waals surface area contributed by atoms with E-state index >= 15 is 0 Å². The number of carbonyl (C=O) groups excluding carboxylic acids is 1. The largest absolute Gasteiger partial charge is 0.360 e. The molecule has 1 aliphatic rings. The zero-order chi connectivity index (χ0) is 13.9. The van der Waals surface area contributed by atoms with Crippen LogP contribution in [0.3, 0.4) is 0 Å². The van der Waals surface area contributed by atoms with E-state index in [4.69, 9.17) is 0 Å². The van der Waals surface area contributed by atoms with Crippen molar-refractivity contribution < 1.29 is 4.79 Å². The molecule has 0 saturated heterocycles. The van der Waals surface area contributed by atoms with E-state index in [-0.39, 0.29) is 11.9 Å². The minimum atomic E-state index is -0.129. The van der Waals surface area contributed by atoms with Gasteiger partial charge in [-0.1, -0.05) is 11.3 Å². The Labute approximate surface area is 125 Å². The van der Waals surface area contributed by atoms with E-state index in [1.807, 2.05) is 6.92 Å². The van der Waals surface area contributed by atoms with Gasteiger partial charge >= 0.3 is 0 Å². The van der Waals surface area contributed by atoms with Crippen LogP contribution in [-0.2, 0) is 6.42 Å². The highest BCUT2D eigenvalue weighted by molar-refractivity contribution is 7.17. The van der Waals surface area contributed by atoms with E-state index in [2.05, 4.69) is 32.3 Å². The van der Waals surface area contributed by atoms with Gasteiger partial charge < -0.3 is 10.6 Å². The van der Waals surface area contributed by atoms with Gasteiger partial charge in [0.25, 0.3) is 5.91 Å². The second kappa shape index (κ2) is 5.88. The molecule has 0 aliphatic heterocycles. The van der Waals surface area contributed by atoms with E-state index < -0.39 is 0 Å². The molecule has 1 aliphatic carbocycles. The molecule has 2 heterocycles. The zero-order valence-electron chi connectivity index (χ0n) is 11.2. The van der Waals surface area contributed by atoms with Gasteiger partial charge in [-0.2, -0.15) is 0 Å². The maximum atomic E-state index is 12.2. The molecular weight excluding hydrogens is 292 g/mol. The van der Waals surface area contributed by atoms with Gasteiger partial charge in [0.15, 0.2) is 0 Å². The molecule has 7 heteroatoms. The number of fused-ring (bicyclic) bond motifs is 1. The average molecular weight is 308 g/mol. The molecule has 20 heavy (non-hydrogen) atoms. The Morgan fingerprint density at radius 1 is 1.50 bits per heavy atom. The summed E-state index contributed by atoms with van der Waals surface area (Å²) in [6, 6.07) is 2.23. The fourth-order valence-electron chi connectivity index (χ4n) is 2.39. The number of anilines is 1. The van der Waals surface area contributed by atoms with Crippen LogP contribution in [0.5, 0.6) is 0 Å². The number of hydrogen-bond donors (Lipinski definition) is 2. The molecule has 5 nitrogen and oxygen atoms in total. The fraction of sp³-hybridized carbons (Fsp3) is 0.462. The van der Waals surface area contributed by atoms with Crippen LogP contribution in [0.1, 0.15) is 46.0 Å². The second-order valence-electron chi connectivity index (χ2n) is 4.66. The Hall–Kier alpha value is -1.47. The molecule has 0 bridgehead atoms. The van der Waals surface area contributed by atoms with Gasteiger partial charge in [0.2, 0.25) is 10.1 Å². The van der Waals surface area contributed by atoms with Crippen molar-refractivity contribution >= 4 is 33.7 Å². The van der Waals surface area contributed by atoms with E-state index in [0.29, 0.717) is 10.1 Å². The van der Waals surface area contributed by atoms with Gasteiger partial charge in [0, 0.05) is 11.4 Å². The van der Waals surface area contributed by atoms with Crippen LogP contribution in [0.15, 0.2) is 11.4 Å². The molecule has 106 valence electrons. The Morgan fingerprint density at radius 3 is 3.25 bits per heavy atom. The average Bonchev–Trinajstić information content (AvgIpc) is 3.08. The molecule has 0 fully saturated rings. The first-order valence-corrected chi connectivity index (χ1v) is 8.42. The topological polar surface area (TPSA) is 66.9 Å². The van der Waals surface area contributed by atoms with Crippen LogP contribution in [-0.4, -0.2) is 22.6 Å². The summed E-state index contributed by atoms with van der Waals surface area (Å²) in [4.78, 5) is 13.6. The maximum Gasteiger partial charge on any atom is 0.282 e. The van der Waals surface area contributed by atoms with Crippen molar-refractivity contribution in [1.82, 2.24) is 15.5 Å². The monoisotopic (exact) mass is 308 g/mol. The van der Waals surface area contributed by atoms with E-state index in [9.17, 15) is 4.79 Å². The first-order valence-electron chi connectivity index (χ1n) is 6.72. The second-order valence-corrected chi connectivity index (χ2v) is 6.64. The molecule has 2 aromatic rings. The van der Waals surface area contributed by atoms with Crippen molar-refractivity contribution in [3.63, 3.8) is 0 Å². The van der Waals surface area contributed by atoms with E-state index in [1.54, 1.807) is 11.3 Å². The van der Waals surface area contributed by atoms with Crippen LogP contribution >= 0.6 is 22.7 Å². The van der Waals surface area contributed by atoms with Crippen molar-refractivity contribution in [2.75, 3.05) is 11.9 Å². The van der Waals surface area contributed by atoms with Crippen molar-refractivity contribution in [2.45, 2.75) is 32.2 Å². The summed E-state index contributed by atoms with van der Waals surface area (Å²) in [5.74, 6) is -0.129. The first kappa shape index (κ1) is 13.5. The third-order valence-corrected chi connectivity index (χ3v) is 5.18. The highest BCUT2D eigenvalue weighted by Crippen LogP contribution is 2.33. The highest BCUT2D eigenvalue weighted by Gasteiger charge is 2.24. The lowest BCUT2D eigenvalue weighted by atomic mass is 9.94. The van der Waals surface area contributed by atoms with Gasteiger partial charge in [-0.05, 0) is 43.2 Å². The lowest BCUT2D eigenvalue weighted by Gasteiger charge is -2.23. The predicted molar refractivity (Wildman–Crippen MR) is 81.5 cm³/mol. The van der Waals surface area contributed by atoms with Gasteiger partial charge in [0.05, 0.1) is 6.04 Å². The van der Waals surface area contributed by atoms with Gasteiger partial charge in [0.1, 0.15) is 0 Å². The molecule has 2 N–H and O–H groups in total. The Bertz CT molecular complexity index is 607. The van der Waals surface area contributed by atoms with Crippen LogP contribution < -0.4 is 10.6 Å². The smallest absolute Gasteiger partial charge is 0.282 e. The van der Waals surface area contributed by atoms with Crippen LogP contribution in [0.25, 0.3) is 0 Å². The minimum absolute atomic E-state index is 0.115. The van der Waals surface area contributed by atoms with Crippen LogP contribution in [0.4, 0.5) is 5.13 Å². The third kappa shape index (κ3) is 2.69. The van der Waals surface area contributed by atoms with Crippen LogP contribution in [0.2, 0.25) is 0 Å². The molecular formula is C13H16N4OS2. The number of aryl methyl sites for hydroxylation is 1. The molecule has 0 radical (unpaired) electrons. The zero-order valence-corrected chi connectivity index (χ0v) is 12.8. The SMILES string of the molecule is CCNc1nnc(C(=O)NC2CCCc3sccc32)s1. The molecule has 0 aromatic carbocycles. The van der Waals surface area contributed by atoms with Crippen molar-refractivity contribution in [3.05, 3.63) is 26.9 Å². The number of amides is 1. The number of rotatable bonds is 4. The van der Waals surface area contributed by atoms with E-state index in [1.165, 1.54) is 21.8 Å². The molecule has 3 rings (SSSR count). The van der Waals surface area contributed by atoms with Gasteiger partial charge in [-0.3, -0.25) is 4.79 Å². The van der Waals surface area contributed by atoms with Crippen molar-refractivity contribution in [1.29, 1.82) is 0 Å². The van der Waals surface area contributed by atoms with Gasteiger partial charge in [-0.25, -0.2) is 0 Å². The van der Waals surface area contributed by atoms with Gasteiger partial charge in [-0.15, -0.1) is 21.5 Å². The maximum absolute atomic E-state index is 12.2. The summed E-state index contributed by atoms with van der Waals surface area (Å²) >= 11 is 3.07. The molecule has 1 atom stereocenters. The number of nitrogens with zero attached hydrogens (tertiary/aromatic N) is 2. The number of hydrogen-bond acceptors (Lipinski definition) is 6. The number of nitrogens with one attached hydrogen (secondary N) is 2. The number of carbonyl (C=O) groups is 1. The third-order valence-electron chi connectivity index (χ3n) is 3.30. The summed E-state index contributed by atoms with van der Waals surface area (Å²) in [6.07, 6.45) is 3.24. The number of thiophene rings is 1. The van der Waals surface area contributed by atoms with Crippen molar-refractivity contribution in [2.24, 2.45) is 0 Å². The number of aromatic nitrogens is 2. The molecule has 1 amide bonds. The molecule has 1 unspecified atom stereocenters. The first-order chi connectivity index (χ1) is 9.78. The lowest BCUT2D eigenvalue weighted by molar-refractivity contribution is 0.0932. The summed E-state index contributed by atoms with van der Waals surface area (Å²) in [5, 5.41) is 17.3. The van der Waals surface area contributed by atoms with Crippen LogP contribution in [0, 0.1) is 0 Å². The Kier molecular flexibility index (Phi) is 3.98. The summed E-state index contributed by atoms with van der Waals surface area (Å²) < 4.78 is 0. The standard InChI is InChI=1S/C13H16N4OS2/c1-2-14-13-17-16-12(20-13)11(18)15-9-4-3-5-10-8(9)6-7-19-10/h6-7,9H,2-5H2,1H3,(H,14,17)(H,15,18). The van der Waals surface area contributed by atoms with Crippen molar-refractivity contribution in [3.8, 4) is 0 Å². The quantitative estimate of drug-likeness (QED) is 0.911. The Morgan fingerprint density at radius 2 is 2.40 bits per heavy atom. The summed E-state index contributed by atoms with van der Waals surface area (Å²) in [7, 11) is 0. The molecule has 0 spiro atoms. The van der Waals surface area contributed by atoms with E-state index in [0.717, 1.165) is 25.8 Å². The lowest BCUT2D eigenvalue weighted by Crippen LogP contribution is -2.30.